The molecule has 0 aromatic carbocycles. The van der Waals surface area contributed by atoms with E-state index in [0.29, 0.717) is 19.3 Å². The lowest BCUT2D eigenvalue weighted by Crippen LogP contribution is -2.60. The van der Waals surface area contributed by atoms with Crippen LogP contribution in [0.4, 0.5) is 0 Å². The molecule has 11 heteroatoms. The van der Waals surface area contributed by atoms with Gasteiger partial charge in [0.05, 0.1) is 25.4 Å². The maximum absolute atomic E-state index is 13.1. The third-order valence-corrected chi connectivity index (χ3v) is 13.4. The Labute approximate surface area is 386 Å². The maximum atomic E-state index is 13.1. The first-order valence-corrected chi connectivity index (χ1v) is 26.9. The highest BCUT2D eigenvalue weighted by atomic mass is 16.7. The molecular formula is C52H103NO10. The van der Waals surface area contributed by atoms with Crippen LogP contribution in [0.25, 0.3) is 0 Å². The van der Waals surface area contributed by atoms with Gasteiger partial charge in [0, 0.05) is 0 Å². The van der Waals surface area contributed by atoms with Crippen LogP contribution in [0.3, 0.4) is 0 Å². The van der Waals surface area contributed by atoms with Gasteiger partial charge < -0.3 is 50.5 Å². The summed E-state index contributed by atoms with van der Waals surface area (Å²) in [4.78, 5) is 13.1. The summed E-state index contributed by atoms with van der Waals surface area (Å²) in [5, 5.41) is 75.9. The molecule has 0 bridgehead atoms. The van der Waals surface area contributed by atoms with Crippen molar-refractivity contribution in [1.29, 1.82) is 0 Å². The van der Waals surface area contributed by atoms with E-state index >= 15 is 0 Å². The Bertz CT molecular complexity index is 991. The average molecular weight is 902 g/mol. The lowest BCUT2D eigenvalue weighted by Gasteiger charge is -2.40. The van der Waals surface area contributed by atoms with E-state index in [9.17, 15) is 40.5 Å². The molecule has 0 radical (unpaired) electrons. The van der Waals surface area contributed by atoms with E-state index in [1.165, 1.54) is 180 Å². The van der Waals surface area contributed by atoms with E-state index in [2.05, 4.69) is 19.2 Å². The van der Waals surface area contributed by atoms with Crippen molar-refractivity contribution in [3.8, 4) is 0 Å². The van der Waals surface area contributed by atoms with Crippen molar-refractivity contribution in [3.63, 3.8) is 0 Å². The van der Waals surface area contributed by atoms with Gasteiger partial charge in [-0.15, -0.1) is 0 Å². The molecule has 0 spiro atoms. The predicted octanol–water partition coefficient (Wildman–Crippen LogP) is 10.2. The molecule has 1 heterocycles. The van der Waals surface area contributed by atoms with E-state index < -0.39 is 74.2 Å². The number of amides is 1. The SMILES string of the molecule is CCCCCCCCCCCCCCCCCCCCCCCCC(O)C(=O)N[C@H](CO[C@H]1O[C@H](CO)[C@H](O)[C@H](O)[C@H]1O)[C@H](O)[C@H](O)CCCCCCCCCCCCCCCC. The Morgan fingerprint density at radius 2 is 0.825 bits per heavy atom. The molecule has 63 heavy (non-hydrogen) atoms. The number of hydrogen-bond donors (Lipinski definition) is 8. The number of ether oxygens (including phenoxy) is 2. The first kappa shape index (κ1) is 60.1. The fourth-order valence-corrected chi connectivity index (χ4v) is 8.97. The second-order valence-corrected chi connectivity index (χ2v) is 19.3. The summed E-state index contributed by atoms with van der Waals surface area (Å²) < 4.78 is 11.1. The molecule has 0 aliphatic carbocycles. The van der Waals surface area contributed by atoms with Crippen LogP contribution in [-0.4, -0.2) is 110 Å². The average Bonchev–Trinajstić information content (AvgIpc) is 3.28. The Morgan fingerprint density at radius 1 is 0.492 bits per heavy atom. The summed E-state index contributed by atoms with van der Waals surface area (Å²) in [6, 6.07) is -1.16. The first-order valence-electron chi connectivity index (χ1n) is 26.9. The molecule has 11 nitrogen and oxygen atoms in total. The molecule has 0 aromatic rings. The number of carbonyl (C=O) groups excluding carboxylic acids is 1. The molecule has 1 rings (SSSR count). The van der Waals surface area contributed by atoms with Gasteiger partial charge in [0.25, 0.3) is 0 Å². The largest absolute Gasteiger partial charge is 0.394 e. The van der Waals surface area contributed by atoms with Crippen LogP contribution in [0.1, 0.15) is 258 Å². The second kappa shape index (κ2) is 42.5. The lowest BCUT2D eigenvalue weighted by atomic mass is 9.98. The number of aliphatic hydroxyl groups excluding tert-OH is 7. The number of carbonyl (C=O) groups is 1. The molecular weight excluding hydrogens is 799 g/mol. The summed E-state index contributed by atoms with van der Waals surface area (Å²) in [6.07, 6.45) is 34.4. The van der Waals surface area contributed by atoms with Crippen molar-refractivity contribution >= 4 is 5.91 Å². The van der Waals surface area contributed by atoms with Gasteiger partial charge in [-0.2, -0.15) is 0 Å². The quantitative estimate of drug-likeness (QED) is 0.0273. The third-order valence-electron chi connectivity index (χ3n) is 13.4. The monoisotopic (exact) mass is 902 g/mol. The fraction of sp³-hybridized carbons (Fsp3) is 0.981. The Hall–Kier alpha value is -0.890. The molecule has 1 aliphatic rings. The van der Waals surface area contributed by atoms with Crippen LogP contribution in [-0.2, 0) is 14.3 Å². The van der Waals surface area contributed by atoms with E-state index in [-0.39, 0.29) is 6.42 Å². The topological polar surface area (TPSA) is 189 Å². The molecule has 1 amide bonds. The molecule has 9 atom stereocenters. The summed E-state index contributed by atoms with van der Waals surface area (Å²) in [5.41, 5.74) is 0. The number of aliphatic hydroxyl groups is 7. The summed E-state index contributed by atoms with van der Waals surface area (Å²) in [7, 11) is 0. The van der Waals surface area contributed by atoms with Crippen molar-refractivity contribution in [1.82, 2.24) is 5.32 Å². The van der Waals surface area contributed by atoms with Crippen molar-refractivity contribution in [2.24, 2.45) is 0 Å². The van der Waals surface area contributed by atoms with Gasteiger partial charge in [0.15, 0.2) is 6.29 Å². The maximum Gasteiger partial charge on any atom is 0.249 e. The highest BCUT2D eigenvalue weighted by molar-refractivity contribution is 5.80. The first-order chi connectivity index (χ1) is 30.7. The van der Waals surface area contributed by atoms with Gasteiger partial charge in [-0.25, -0.2) is 0 Å². The zero-order valence-electron chi connectivity index (χ0n) is 40.8. The highest BCUT2D eigenvalue weighted by Crippen LogP contribution is 2.23. The number of nitrogens with one attached hydrogen (secondary N) is 1. The van der Waals surface area contributed by atoms with Gasteiger partial charge in [-0.3, -0.25) is 4.79 Å². The molecule has 1 fully saturated rings. The zero-order valence-corrected chi connectivity index (χ0v) is 40.8. The number of unbranched alkanes of at least 4 members (excludes halogenated alkanes) is 34. The minimum absolute atomic E-state index is 0.267. The Balaban J connectivity index is 2.32. The van der Waals surface area contributed by atoms with Gasteiger partial charge in [-0.05, 0) is 12.8 Å². The van der Waals surface area contributed by atoms with E-state index in [4.69, 9.17) is 9.47 Å². The predicted molar refractivity (Wildman–Crippen MR) is 256 cm³/mol. The standard InChI is InChI=1S/C52H103NO10/c1-3-5-7-9-11-13-15-17-19-20-21-22-23-24-25-26-28-30-32-34-36-38-40-45(56)51(61)53-43(42-62-52-50(60)49(59)48(58)46(41-54)63-52)47(57)44(55)39-37-35-33-31-29-27-18-16-14-12-10-8-6-4-2/h43-50,52,54-60H,3-42H2,1-2H3,(H,53,61)/t43-,44-,45?,46-,47+,48+,49+,50-,52+/m1/s1. The van der Waals surface area contributed by atoms with Crippen molar-refractivity contribution in [2.45, 2.75) is 313 Å². The van der Waals surface area contributed by atoms with E-state index in [0.717, 1.165) is 38.5 Å². The molecule has 0 aromatic heterocycles. The van der Waals surface area contributed by atoms with Gasteiger partial charge >= 0.3 is 0 Å². The van der Waals surface area contributed by atoms with Crippen LogP contribution < -0.4 is 5.32 Å². The molecule has 1 unspecified atom stereocenters. The van der Waals surface area contributed by atoms with Crippen molar-refractivity contribution in [3.05, 3.63) is 0 Å². The smallest absolute Gasteiger partial charge is 0.249 e. The molecule has 376 valence electrons. The molecule has 1 aliphatic heterocycles. The van der Waals surface area contributed by atoms with Crippen molar-refractivity contribution in [2.75, 3.05) is 13.2 Å². The molecule has 8 N–H and O–H groups in total. The molecule has 1 saturated heterocycles. The minimum Gasteiger partial charge on any atom is -0.394 e. The van der Waals surface area contributed by atoms with Crippen LogP contribution in [0.15, 0.2) is 0 Å². The highest BCUT2D eigenvalue weighted by Gasteiger charge is 2.44. The lowest BCUT2D eigenvalue weighted by molar-refractivity contribution is -0.303. The van der Waals surface area contributed by atoms with Crippen LogP contribution in [0.2, 0.25) is 0 Å². The van der Waals surface area contributed by atoms with Gasteiger partial charge in [0.2, 0.25) is 5.91 Å². The van der Waals surface area contributed by atoms with Gasteiger partial charge in [0.1, 0.15) is 36.6 Å². The number of hydrogen-bond acceptors (Lipinski definition) is 10. The fourth-order valence-electron chi connectivity index (χ4n) is 8.97. The summed E-state index contributed by atoms with van der Waals surface area (Å²) in [5.74, 6) is -0.691. The normalized spacial score (nSPS) is 21.1. The van der Waals surface area contributed by atoms with Crippen LogP contribution in [0.5, 0.6) is 0 Å². The van der Waals surface area contributed by atoms with E-state index in [1.54, 1.807) is 0 Å². The molecule has 0 saturated carbocycles. The van der Waals surface area contributed by atoms with Crippen molar-refractivity contribution < 1.29 is 50.0 Å². The third kappa shape index (κ3) is 31.7. The zero-order chi connectivity index (χ0) is 46.2. The summed E-state index contributed by atoms with van der Waals surface area (Å²) >= 11 is 0. The van der Waals surface area contributed by atoms with E-state index in [1.807, 2.05) is 0 Å². The second-order valence-electron chi connectivity index (χ2n) is 19.3. The minimum atomic E-state index is -1.66. The number of rotatable bonds is 46. The Kier molecular flexibility index (Phi) is 40.5. The van der Waals surface area contributed by atoms with Crippen LogP contribution in [0, 0.1) is 0 Å². The Morgan fingerprint density at radius 3 is 1.17 bits per heavy atom. The summed E-state index contributed by atoms with van der Waals surface area (Å²) in [6.45, 7) is 3.48. The van der Waals surface area contributed by atoms with Gasteiger partial charge in [-0.1, -0.05) is 245 Å². The van der Waals surface area contributed by atoms with Crippen LogP contribution >= 0.6 is 0 Å².